The van der Waals surface area contributed by atoms with Gasteiger partial charge in [-0.25, -0.2) is 0 Å². The summed E-state index contributed by atoms with van der Waals surface area (Å²) >= 11 is 0. The molecule has 2 rings (SSSR count). The minimum absolute atomic E-state index is 0.679. The van der Waals surface area contributed by atoms with Gasteiger partial charge in [-0.2, -0.15) is 5.10 Å². The summed E-state index contributed by atoms with van der Waals surface area (Å²) in [5, 5.41) is 8.15. The zero-order valence-corrected chi connectivity index (χ0v) is 11.9. The molecule has 0 saturated heterocycles. The van der Waals surface area contributed by atoms with Crippen LogP contribution in [0.4, 0.5) is 0 Å². The van der Waals surface area contributed by atoms with Gasteiger partial charge in [-0.05, 0) is 50.8 Å². The minimum atomic E-state index is 0.679. The first kappa shape index (κ1) is 13.6. The smallest absolute Gasteiger partial charge is 0.0624 e. The molecule has 0 bridgehead atoms. The van der Waals surface area contributed by atoms with E-state index >= 15 is 0 Å². The van der Waals surface area contributed by atoms with E-state index in [2.05, 4.69) is 36.1 Å². The van der Waals surface area contributed by atoms with E-state index in [0.717, 1.165) is 25.4 Å². The van der Waals surface area contributed by atoms with Crippen molar-refractivity contribution in [2.75, 3.05) is 13.1 Å². The second-order valence-corrected chi connectivity index (χ2v) is 5.68. The summed E-state index contributed by atoms with van der Waals surface area (Å²) in [7, 11) is 0. The van der Waals surface area contributed by atoms with Gasteiger partial charge in [-0.15, -0.1) is 0 Å². The third-order valence-electron chi connectivity index (χ3n) is 4.00. The SMILES string of the molecule is CCNCC(C)CCc1ccn(C2CCCC2)n1. The van der Waals surface area contributed by atoms with Crippen molar-refractivity contribution in [1.29, 1.82) is 0 Å². The van der Waals surface area contributed by atoms with Gasteiger partial charge >= 0.3 is 0 Å². The predicted molar refractivity (Wildman–Crippen MR) is 75.8 cm³/mol. The molecular formula is C15H27N3. The standard InChI is InChI=1S/C15H27N3/c1-3-16-12-13(2)8-9-14-10-11-18(17-14)15-6-4-5-7-15/h10-11,13,15-16H,3-9,12H2,1-2H3. The van der Waals surface area contributed by atoms with Crippen LogP contribution in [0, 0.1) is 5.92 Å². The Bertz CT molecular complexity index is 339. The van der Waals surface area contributed by atoms with E-state index in [9.17, 15) is 0 Å². The molecule has 1 aromatic heterocycles. The largest absolute Gasteiger partial charge is 0.317 e. The lowest BCUT2D eigenvalue weighted by molar-refractivity contribution is 0.454. The normalized spacial score (nSPS) is 18.3. The van der Waals surface area contributed by atoms with Gasteiger partial charge in [0.15, 0.2) is 0 Å². The van der Waals surface area contributed by atoms with Gasteiger partial charge in [0.2, 0.25) is 0 Å². The molecule has 1 aromatic rings. The maximum Gasteiger partial charge on any atom is 0.0624 e. The first-order valence-corrected chi connectivity index (χ1v) is 7.54. The molecule has 1 aliphatic carbocycles. The molecule has 0 spiro atoms. The molecule has 1 unspecified atom stereocenters. The summed E-state index contributed by atoms with van der Waals surface area (Å²) in [6.45, 7) is 6.67. The Balaban J connectivity index is 1.76. The van der Waals surface area contributed by atoms with Crippen molar-refractivity contribution in [2.24, 2.45) is 5.92 Å². The number of rotatable bonds is 7. The molecule has 1 fully saturated rings. The lowest BCUT2D eigenvalue weighted by Gasteiger charge is -2.11. The van der Waals surface area contributed by atoms with Crippen LogP contribution in [0.1, 0.15) is 57.7 Å². The summed E-state index contributed by atoms with van der Waals surface area (Å²) in [6, 6.07) is 2.89. The molecule has 3 nitrogen and oxygen atoms in total. The van der Waals surface area contributed by atoms with Gasteiger partial charge in [0.1, 0.15) is 0 Å². The highest BCUT2D eigenvalue weighted by Gasteiger charge is 2.17. The summed E-state index contributed by atoms with van der Waals surface area (Å²) in [5.74, 6) is 0.738. The Morgan fingerprint density at radius 2 is 2.22 bits per heavy atom. The van der Waals surface area contributed by atoms with Crippen molar-refractivity contribution in [3.63, 3.8) is 0 Å². The Labute approximate surface area is 111 Å². The maximum absolute atomic E-state index is 4.74. The van der Waals surface area contributed by atoms with Gasteiger partial charge in [-0.3, -0.25) is 4.68 Å². The molecule has 1 N–H and O–H groups in total. The summed E-state index contributed by atoms with van der Waals surface area (Å²) in [5.41, 5.74) is 1.27. The van der Waals surface area contributed by atoms with E-state index in [0.29, 0.717) is 6.04 Å². The van der Waals surface area contributed by atoms with Gasteiger partial charge in [0.25, 0.3) is 0 Å². The molecule has 1 aliphatic rings. The molecule has 0 aliphatic heterocycles. The average molecular weight is 249 g/mol. The van der Waals surface area contributed by atoms with Crippen molar-refractivity contribution >= 4 is 0 Å². The quantitative estimate of drug-likeness (QED) is 0.804. The highest BCUT2D eigenvalue weighted by molar-refractivity contribution is 5.00. The van der Waals surface area contributed by atoms with Crippen LogP contribution in [0.2, 0.25) is 0 Å². The Kier molecular flexibility index (Phi) is 5.24. The van der Waals surface area contributed by atoms with Crippen molar-refractivity contribution < 1.29 is 0 Å². The predicted octanol–water partition coefficient (Wildman–Crippen LogP) is 3.18. The third-order valence-corrected chi connectivity index (χ3v) is 4.00. The van der Waals surface area contributed by atoms with Gasteiger partial charge < -0.3 is 5.32 Å². The molecule has 1 heterocycles. The number of aromatic nitrogens is 2. The second-order valence-electron chi connectivity index (χ2n) is 5.68. The number of aryl methyl sites for hydroxylation is 1. The summed E-state index contributed by atoms with van der Waals surface area (Å²) in [6.07, 6.45) is 9.91. The highest BCUT2D eigenvalue weighted by Crippen LogP contribution is 2.28. The molecule has 102 valence electrons. The summed E-state index contributed by atoms with van der Waals surface area (Å²) in [4.78, 5) is 0. The van der Waals surface area contributed by atoms with Gasteiger partial charge in [-0.1, -0.05) is 26.7 Å². The average Bonchev–Trinajstić information content (AvgIpc) is 3.03. The Hall–Kier alpha value is -0.830. The van der Waals surface area contributed by atoms with Crippen LogP contribution in [-0.2, 0) is 6.42 Å². The van der Waals surface area contributed by atoms with E-state index in [4.69, 9.17) is 5.10 Å². The topological polar surface area (TPSA) is 29.9 Å². The van der Waals surface area contributed by atoms with Crippen LogP contribution in [0.15, 0.2) is 12.3 Å². The molecule has 0 aromatic carbocycles. The Morgan fingerprint density at radius 3 is 2.94 bits per heavy atom. The first-order valence-electron chi connectivity index (χ1n) is 7.54. The van der Waals surface area contributed by atoms with Crippen LogP contribution in [0.3, 0.4) is 0 Å². The second kappa shape index (κ2) is 6.93. The molecule has 18 heavy (non-hydrogen) atoms. The van der Waals surface area contributed by atoms with Crippen LogP contribution >= 0.6 is 0 Å². The van der Waals surface area contributed by atoms with Crippen LogP contribution < -0.4 is 5.32 Å². The zero-order chi connectivity index (χ0) is 12.8. The number of hydrogen-bond acceptors (Lipinski definition) is 2. The van der Waals surface area contributed by atoms with E-state index in [1.54, 1.807) is 0 Å². The molecule has 0 amide bonds. The van der Waals surface area contributed by atoms with E-state index in [-0.39, 0.29) is 0 Å². The van der Waals surface area contributed by atoms with Crippen molar-refractivity contribution in [1.82, 2.24) is 15.1 Å². The lowest BCUT2D eigenvalue weighted by Crippen LogP contribution is -2.20. The molecule has 0 radical (unpaired) electrons. The molecule has 1 atom stereocenters. The fraction of sp³-hybridized carbons (Fsp3) is 0.800. The lowest BCUT2D eigenvalue weighted by atomic mass is 10.0. The van der Waals surface area contributed by atoms with Crippen molar-refractivity contribution in [3.8, 4) is 0 Å². The van der Waals surface area contributed by atoms with Crippen LogP contribution in [0.5, 0.6) is 0 Å². The zero-order valence-electron chi connectivity index (χ0n) is 11.9. The molecular weight excluding hydrogens is 222 g/mol. The van der Waals surface area contributed by atoms with E-state index in [1.165, 1.54) is 37.8 Å². The molecule has 3 heteroatoms. The fourth-order valence-corrected chi connectivity index (χ4v) is 2.77. The number of nitrogens with one attached hydrogen (secondary N) is 1. The first-order chi connectivity index (χ1) is 8.79. The van der Waals surface area contributed by atoms with E-state index in [1.807, 2.05) is 0 Å². The van der Waals surface area contributed by atoms with Gasteiger partial charge in [0.05, 0.1) is 11.7 Å². The monoisotopic (exact) mass is 249 g/mol. The van der Waals surface area contributed by atoms with Crippen molar-refractivity contribution in [2.45, 2.75) is 58.4 Å². The highest BCUT2D eigenvalue weighted by atomic mass is 15.3. The van der Waals surface area contributed by atoms with Gasteiger partial charge in [0, 0.05) is 6.20 Å². The minimum Gasteiger partial charge on any atom is -0.317 e. The number of nitrogens with zero attached hydrogens (tertiary/aromatic N) is 2. The number of hydrogen-bond donors (Lipinski definition) is 1. The van der Waals surface area contributed by atoms with Crippen LogP contribution in [0.25, 0.3) is 0 Å². The van der Waals surface area contributed by atoms with E-state index < -0.39 is 0 Å². The van der Waals surface area contributed by atoms with Crippen molar-refractivity contribution in [3.05, 3.63) is 18.0 Å². The summed E-state index contributed by atoms with van der Waals surface area (Å²) < 4.78 is 2.21. The molecule has 1 saturated carbocycles. The third kappa shape index (κ3) is 3.84. The maximum atomic E-state index is 4.74. The van der Waals surface area contributed by atoms with Crippen LogP contribution in [-0.4, -0.2) is 22.9 Å². The Morgan fingerprint density at radius 1 is 1.44 bits per heavy atom. The fourth-order valence-electron chi connectivity index (χ4n) is 2.77.